The lowest BCUT2D eigenvalue weighted by Gasteiger charge is -2.27. The average molecular weight is 600 g/mol. The second kappa shape index (κ2) is 7.95. The van der Waals surface area contributed by atoms with Gasteiger partial charge in [-0.2, -0.15) is 0 Å². The number of hydrogen-bond donors (Lipinski definition) is 2. The minimum Gasteiger partial charge on any atom is -0.383 e. The van der Waals surface area contributed by atoms with E-state index < -0.39 is 6.04 Å². The van der Waals surface area contributed by atoms with Gasteiger partial charge in [0, 0.05) is 6.04 Å². The molecule has 5 heterocycles. The molecule has 0 bridgehead atoms. The predicted octanol–water partition coefficient (Wildman–Crippen LogP) is 3.50. The van der Waals surface area contributed by atoms with E-state index in [1.54, 1.807) is 33.7 Å². The van der Waals surface area contributed by atoms with Crippen molar-refractivity contribution in [1.29, 1.82) is 0 Å². The van der Waals surface area contributed by atoms with Gasteiger partial charge in [-0.05, 0) is 74.4 Å². The van der Waals surface area contributed by atoms with Crippen LogP contribution in [0.2, 0.25) is 0 Å². The Morgan fingerprint density at radius 3 is 2.74 bits per heavy atom. The summed E-state index contributed by atoms with van der Waals surface area (Å²) in [5.41, 5.74) is 7.97. The molecule has 1 aliphatic carbocycles. The molecular weight excluding hydrogens is 580 g/mol. The van der Waals surface area contributed by atoms with Crippen LogP contribution in [0.1, 0.15) is 19.8 Å². The van der Waals surface area contributed by atoms with Gasteiger partial charge >= 0.3 is 0 Å². The lowest BCUT2D eigenvalue weighted by atomic mass is 10.0. The van der Waals surface area contributed by atoms with Crippen molar-refractivity contribution in [3.8, 4) is 0 Å². The summed E-state index contributed by atoms with van der Waals surface area (Å²) < 4.78 is 3.06. The summed E-state index contributed by atoms with van der Waals surface area (Å²) in [7, 11) is 0. The van der Waals surface area contributed by atoms with Crippen LogP contribution < -0.4 is 11.1 Å². The molecule has 1 saturated heterocycles. The molecule has 0 spiro atoms. The van der Waals surface area contributed by atoms with E-state index in [0.717, 1.165) is 11.9 Å². The van der Waals surface area contributed by atoms with Gasteiger partial charge in [-0.25, -0.2) is 19.9 Å². The first kappa shape index (κ1) is 22.4. The standard InChI is InChI=1S/C23H20Br2N8O2/c1-23-7-12(22(35)31-16-4-2-3-14(24)29-16)33(13(23)8-23)17(34)9-32-11-5-6-15(25)30-19(11)18-20(26)27-10-28-21(18)32/h2-6,10,12-13H,7-9H2,1H3,(H2,26,27,28)(H,29,31,35)/t12-,13?,23-/m0/s1. The summed E-state index contributed by atoms with van der Waals surface area (Å²) in [6, 6.07) is 8.43. The van der Waals surface area contributed by atoms with Crippen molar-refractivity contribution in [2.24, 2.45) is 5.41 Å². The van der Waals surface area contributed by atoms with Crippen molar-refractivity contribution in [3.05, 3.63) is 45.9 Å². The minimum absolute atomic E-state index is 0.00522. The molecule has 6 rings (SSSR count). The number of nitrogen functional groups attached to an aromatic ring is 1. The number of fused-ring (bicyclic) bond motifs is 4. The molecule has 1 aliphatic heterocycles. The van der Waals surface area contributed by atoms with Crippen molar-refractivity contribution in [2.45, 2.75) is 38.4 Å². The van der Waals surface area contributed by atoms with Crippen molar-refractivity contribution in [3.63, 3.8) is 0 Å². The summed E-state index contributed by atoms with van der Waals surface area (Å²) in [6.45, 7) is 2.13. The zero-order valence-corrected chi connectivity index (χ0v) is 21.7. The molecule has 1 unspecified atom stereocenters. The molecule has 4 aromatic rings. The van der Waals surface area contributed by atoms with E-state index in [0.29, 0.717) is 43.8 Å². The van der Waals surface area contributed by atoms with E-state index >= 15 is 0 Å². The van der Waals surface area contributed by atoms with Crippen LogP contribution in [0, 0.1) is 5.41 Å². The number of hydrogen-bond acceptors (Lipinski definition) is 7. The Balaban J connectivity index is 1.34. The van der Waals surface area contributed by atoms with Gasteiger partial charge in [0.25, 0.3) is 0 Å². The molecule has 3 N–H and O–H groups in total. The summed E-state index contributed by atoms with van der Waals surface area (Å²) in [6.07, 6.45) is 2.87. The molecule has 3 atom stereocenters. The normalized spacial score (nSPS) is 23.0. The van der Waals surface area contributed by atoms with Gasteiger partial charge < -0.3 is 20.5 Å². The number of carbonyl (C=O) groups excluding carboxylic acids is 2. The number of likely N-dealkylation sites (tertiary alicyclic amines) is 1. The number of pyridine rings is 2. The van der Waals surface area contributed by atoms with Crippen molar-refractivity contribution >= 4 is 77.4 Å². The van der Waals surface area contributed by atoms with Gasteiger partial charge in [-0.3, -0.25) is 9.59 Å². The highest BCUT2D eigenvalue weighted by molar-refractivity contribution is 9.10. The van der Waals surface area contributed by atoms with Gasteiger partial charge in [0.1, 0.15) is 50.9 Å². The van der Waals surface area contributed by atoms with Crippen molar-refractivity contribution in [1.82, 2.24) is 29.4 Å². The third-order valence-electron chi connectivity index (χ3n) is 6.97. The third-order valence-corrected chi connectivity index (χ3v) is 7.85. The molecule has 12 heteroatoms. The maximum Gasteiger partial charge on any atom is 0.248 e. The Labute approximate surface area is 216 Å². The lowest BCUT2D eigenvalue weighted by molar-refractivity contribution is -0.138. The number of nitrogens with one attached hydrogen (secondary N) is 1. The molecule has 0 radical (unpaired) electrons. The minimum atomic E-state index is -0.577. The molecule has 2 aliphatic rings. The van der Waals surface area contributed by atoms with Gasteiger partial charge in [0.15, 0.2) is 0 Å². The maximum absolute atomic E-state index is 13.8. The number of piperidine rings is 1. The number of aromatic nitrogens is 5. The fourth-order valence-electron chi connectivity index (χ4n) is 5.19. The molecule has 1 saturated carbocycles. The van der Waals surface area contributed by atoms with E-state index in [9.17, 15) is 9.59 Å². The van der Waals surface area contributed by atoms with Crippen LogP contribution in [0.4, 0.5) is 11.6 Å². The number of halogens is 2. The second-order valence-corrected chi connectivity index (χ2v) is 10.9. The summed E-state index contributed by atoms with van der Waals surface area (Å²) in [4.78, 5) is 46.1. The molecule has 0 aromatic carbocycles. The number of nitrogens with two attached hydrogens (primary N) is 1. The highest BCUT2D eigenvalue weighted by atomic mass is 79.9. The van der Waals surface area contributed by atoms with Crippen LogP contribution >= 0.6 is 31.9 Å². The molecule has 178 valence electrons. The fraction of sp³-hybridized carbons (Fsp3) is 0.304. The quantitative estimate of drug-likeness (QED) is 0.343. The third kappa shape index (κ3) is 3.66. The van der Waals surface area contributed by atoms with Gasteiger partial charge in [-0.15, -0.1) is 0 Å². The highest BCUT2D eigenvalue weighted by Crippen LogP contribution is 2.59. The van der Waals surface area contributed by atoms with Crippen LogP contribution in [-0.4, -0.2) is 53.3 Å². The summed E-state index contributed by atoms with van der Waals surface area (Å²) in [5.74, 6) is 0.342. The Bertz CT molecular complexity index is 1540. The summed E-state index contributed by atoms with van der Waals surface area (Å²) >= 11 is 6.72. The second-order valence-electron chi connectivity index (χ2n) is 9.28. The average Bonchev–Trinajstić information content (AvgIpc) is 3.22. The van der Waals surface area contributed by atoms with Crippen LogP contribution in [0.3, 0.4) is 0 Å². The number of rotatable bonds is 4. The number of amides is 2. The van der Waals surface area contributed by atoms with Crippen LogP contribution in [0.15, 0.2) is 45.9 Å². The number of nitrogens with zero attached hydrogens (tertiary/aromatic N) is 6. The predicted molar refractivity (Wildman–Crippen MR) is 137 cm³/mol. The van der Waals surface area contributed by atoms with E-state index in [1.807, 2.05) is 6.07 Å². The monoisotopic (exact) mass is 598 g/mol. The van der Waals surface area contributed by atoms with Gasteiger partial charge in [-0.1, -0.05) is 13.0 Å². The molecule has 35 heavy (non-hydrogen) atoms. The zero-order chi connectivity index (χ0) is 24.5. The first-order valence-electron chi connectivity index (χ1n) is 11.0. The Hall–Kier alpha value is -3.12. The zero-order valence-electron chi connectivity index (χ0n) is 18.6. The fourth-order valence-corrected chi connectivity index (χ4v) is 5.84. The van der Waals surface area contributed by atoms with Gasteiger partial charge in [0.2, 0.25) is 11.8 Å². The number of carbonyl (C=O) groups is 2. The number of anilines is 2. The van der Waals surface area contributed by atoms with Crippen LogP contribution in [-0.2, 0) is 16.1 Å². The smallest absolute Gasteiger partial charge is 0.248 e. The van der Waals surface area contributed by atoms with E-state index in [-0.39, 0.29) is 29.8 Å². The largest absolute Gasteiger partial charge is 0.383 e. The van der Waals surface area contributed by atoms with Crippen molar-refractivity contribution < 1.29 is 9.59 Å². The van der Waals surface area contributed by atoms with E-state index in [4.69, 9.17) is 5.73 Å². The van der Waals surface area contributed by atoms with Crippen LogP contribution in [0.5, 0.6) is 0 Å². The van der Waals surface area contributed by atoms with Crippen LogP contribution in [0.25, 0.3) is 22.1 Å². The van der Waals surface area contributed by atoms with Crippen molar-refractivity contribution in [2.75, 3.05) is 11.1 Å². The van der Waals surface area contributed by atoms with E-state index in [1.165, 1.54) is 6.33 Å². The van der Waals surface area contributed by atoms with E-state index in [2.05, 4.69) is 64.0 Å². The molecule has 10 nitrogen and oxygen atoms in total. The Morgan fingerprint density at radius 1 is 1.14 bits per heavy atom. The lowest BCUT2D eigenvalue weighted by Crippen LogP contribution is -2.46. The first-order chi connectivity index (χ1) is 16.7. The first-order valence-corrected chi connectivity index (χ1v) is 12.6. The topological polar surface area (TPSA) is 132 Å². The molecule has 2 amide bonds. The summed E-state index contributed by atoms with van der Waals surface area (Å²) in [5, 5.41) is 3.47. The molecule has 2 fully saturated rings. The molecule has 4 aromatic heterocycles. The Kier molecular flexibility index (Phi) is 5.08. The van der Waals surface area contributed by atoms with Gasteiger partial charge in [0.05, 0.1) is 10.9 Å². The molecular formula is C23H20Br2N8O2. The highest BCUT2D eigenvalue weighted by Gasteiger charge is 2.64. The SMILES string of the molecule is C[C@]12CC1N(C(=O)Cn1c3ccc(Br)nc3c3c(N)ncnc31)[C@H](C(=O)Nc1cccc(Br)n1)C2. The maximum atomic E-state index is 13.8. The Morgan fingerprint density at radius 2 is 1.94 bits per heavy atom.